The molecule has 7 nitrogen and oxygen atoms in total. The Labute approximate surface area is 190 Å². The molecule has 3 aromatic rings. The fourth-order valence-electron chi connectivity index (χ4n) is 3.51. The molecule has 1 aliphatic heterocycles. The van der Waals surface area contributed by atoms with Gasteiger partial charge in [-0.15, -0.1) is 0 Å². The summed E-state index contributed by atoms with van der Waals surface area (Å²) < 4.78 is 44.9. The topological polar surface area (TPSA) is 79.8 Å². The van der Waals surface area contributed by atoms with Gasteiger partial charge in [-0.2, -0.15) is 0 Å². The second-order valence-corrected chi connectivity index (χ2v) is 10.7. The fourth-order valence-corrected chi connectivity index (χ4v) is 5.44. The molecular weight excluding hydrogens is 453 g/mol. The molecule has 4 rings (SSSR count). The van der Waals surface area contributed by atoms with Gasteiger partial charge in [-0.1, -0.05) is 30.4 Å². The van der Waals surface area contributed by atoms with Gasteiger partial charge in [-0.25, -0.2) is 17.8 Å². The first-order valence-electron chi connectivity index (χ1n) is 10.4. The van der Waals surface area contributed by atoms with Crippen molar-refractivity contribution in [2.24, 2.45) is 0 Å². The van der Waals surface area contributed by atoms with Crippen LogP contribution in [0.5, 0.6) is 0 Å². The maximum atomic E-state index is 14.2. The van der Waals surface area contributed by atoms with Crippen molar-refractivity contribution in [3.63, 3.8) is 0 Å². The van der Waals surface area contributed by atoms with Crippen LogP contribution in [0.15, 0.2) is 47.4 Å². The molecule has 0 saturated carbocycles. The number of fused-ring (bicyclic) bond motifs is 1. The Balaban J connectivity index is 1.68. The Morgan fingerprint density at radius 1 is 1.22 bits per heavy atom. The van der Waals surface area contributed by atoms with Gasteiger partial charge < -0.3 is 4.74 Å². The summed E-state index contributed by atoms with van der Waals surface area (Å²) in [5.74, 6) is -0.866. The number of carbonyl (C=O) groups is 1. The minimum atomic E-state index is -3.46. The maximum absolute atomic E-state index is 14.2. The number of thiazole rings is 1. The van der Waals surface area contributed by atoms with Crippen LogP contribution in [0.2, 0.25) is 0 Å². The summed E-state index contributed by atoms with van der Waals surface area (Å²) in [4.78, 5) is 21.7. The van der Waals surface area contributed by atoms with Crippen molar-refractivity contribution in [2.45, 2.75) is 11.8 Å². The van der Waals surface area contributed by atoms with Crippen molar-refractivity contribution in [2.75, 3.05) is 50.0 Å². The number of nitrogens with zero attached hydrogens (tertiary/aromatic N) is 3. The van der Waals surface area contributed by atoms with E-state index in [1.807, 2.05) is 0 Å². The lowest BCUT2D eigenvalue weighted by Crippen LogP contribution is -2.43. The maximum Gasteiger partial charge on any atom is 0.260 e. The van der Waals surface area contributed by atoms with Gasteiger partial charge in [0.2, 0.25) is 0 Å². The number of aromatic nitrogens is 1. The van der Waals surface area contributed by atoms with Gasteiger partial charge in [0.05, 0.1) is 28.6 Å². The van der Waals surface area contributed by atoms with E-state index in [2.05, 4.69) is 9.88 Å². The molecule has 1 amide bonds. The summed E-state index contributed by atoms with van der Waals surface area (Å²) in [7, 11) is -3.46. The van der Waals surface area contributed by atoms with E-state index in [0.717, 1.165) is 13.1 Å². The van der Waals surface area contributed by atoms with Crippen LogP contribution >= 0.6 is 11.3 Å². The second-order valence-electron chi connectivity index (χ2n) is 7.43. The highest BCUT2D eigenvalue weighted by atomic mass is 32.2. The number of para-hydroxylation sites is 1. The zero-order valence-electron chi connectivity index (χ0n) is 17.7. The van der Waals surface area contributed by atoms with E-state index in [1.165, 1.54) is 34.4 Å². The monoisotopic (exact) mass is 477 g/mol. The van der Waals surface area contributed by atoms with E-state index in [1.54, 1.807) is 31.2 Å². The lowest BCUT2D eigenvalue weighted by molar-refractivity contribution is 0.0391. The molecule has 0 unspecified atom stereocenters. The van der Waals surface area contributed by atoms with Gasteiger partial charge >= 0.3 is 0 Å². The predicted octanol–water partition coefficient (Wildman–Crippen LogP) is 3.21. The summed E-state index contributed by atoms with van der Waals surface area (Å²) >= 11 is 1.24. The first-order chi connectivity index (χ1) is 15.4. The van der Waals surface area contributed by atoms with Crippen molar-refractivity contribution in [3.05, 3.63) is 53.8 Å². The van der Waals surface area contributed by atoms with Gasteiger partial charge in [0, 0.05) is 31.7 Å². The smallest absolute Gasteiger partial charge is 0.260 e. The number of anilines is 1. The molecule has 10 heteroatoms. The highest BCUT2D eigenvalue weighted by Gasteiger charge is 2.24. The van der Waals surface area contributed by atoms with Gasteiger partial charge in [0.25, 0.3) is 5.91 Å². The van der Waals surface area contributed by atoms with Crippen molar-refractivity contribution in [1.82, 2.24) is 9.88 Å². The van der Waals surface area contributed by atoms with Crippen molar-refractivity contribution >= 4 is 42.4 Å². The fraction of sp³-hybridized carbons (Fsp3) is 0.364. The molecule has 2 aromatic carbocycles. The standard InChI is InChI=1S/C22H24FN3O4S2/c1-2-32(28,29)17-6-3-5-16(15-17)21(27)26(10-9-25-11-13-30-14-12-25)22-24-20-18(23)7-4-8-19(20)31-22/h3-8,15H,2,9-14H2,1H3. The average Bonchev–Trinajstić information content (AvgIpc) is 3.25. The van der Waals surface area contributed by atoms with E-state index < -0.39 is 15.7 Å². The molecule has 0 aliphatic carbocycles. The molecule has 0 radical (unpaired) electrons. The number of amides is 1. The van der Waals surface area contributed by atoms with E-state index in [-0.39, 0.29) is 27.6 Å². The molecule has 32 heavy (non-hydrogen) atoms. The molecule has 0 atom stereocenters. The first-order valence-corrected chi connectivity index (χ1v) is 12.9. The second kappa shape index (κ2) is 9.62. The minimum absolute atomic E-state index is 0.0530. The third kappa shape index (κ3) is 4.83. The molecule has 1 fully saturated rings. The summed E-state index contributed by atoms with van der Waals surface area (Å²) in [6.07, 6.45) is 0. The number of ether oxygens (including phenoxy) is 1. The first kappa shape index (κ1) is 22.8. The molecule has 0 N–H and O–H groups in total. The number of hydrogen-bond donors (Lipinski definition) is 0. The molecule has 2 heterocycles. The summed E-state index contributed by atoms with van der Waals surface area (Å²) in [6, 6.07) is 10.8. The quantitative estimate of drug-likeness (QED) is 0.520. The van der Waals surface area contributed by atoms with Gasteiger partial charge in [-0.3, -0.25) is 14.6 Å². The van der Waals surface area contributed by atoms with Crippen LogP contribution in [0.3, 0.4) is 0 Å². The number of rotatable bonds is 7. The van der Waals surface area contributed by atoms with E-state index in [4.69, 9.17) is 4.74 Å². The van der Waals surface area contributed by atoms with E-state index in [9.17, 15) is 17.6 Å². The van der Waals surface area contributed by atoms with E-state index in [0.29, 0.717) is 36.1 Å². The van der Waals surface area contributed by atoms with Crippen LogP contribution in [-0.4, -0.2) is 69.4 Å². The molecule has 1 saturated heterocycles. The van der Waals surface area contributed by atoms with Crippen LogP contribution in [-0.2, 0) is 14.6 Å². The minimum Gasteiger partial charge on any atom is -0.379 e. The van der Waals surface area contributed by atoms with Crippen LogP contribution in [0.25, 0.3) is 10.2 Å². The molecular formula is C22H24FN3O4S2. The van der Waals surface area contributed by atoms with Crippen molar-refractivity contribution in [3.8, 4) is 0 Å². The number of sulfone groups is 1. The van der Waals surface area contributed by atoms with Crippen LogP contribution in [0.1, 0.15) is 17.3 Å². The summed E-state index contributed by atoms with van der Waals surface area (Å²) in [5.41, 5.74) is 0.472. The third-order valence-electron chi connectivity index (χ3n) is 5.40. The summed E-state index contributed by atoms with van der Waals surface area (Å²) in [5, 5.41) is 0.382. The number of halogens is 1. The Kier molecular flexibility index (Phi) is 6.85. The highest BCUT2D eigenvalue weighted by molar-refractivity contribution is 7.91. The predicted molar refractivity (Wildman–Crippen MR) is 123 cm³/mol. The highest BCUT2D eigenvalue weighted by Crippen LogP contribution is 2.31. The van der Waals surface area contributed by atoms with Crippen LogP contribution in [0, 0.1) is 5.82 Å². The van der Waals surface area contributed by atoms with Gasteiger partial charge in [0.1, 0.15) is 11.3 Å². The molecule has 1 aliphatic rings. The number of carbonyl (C=O) groups excluding carboxylic acids is 1. The third-order valence-corrected chi connectivity index (χ3v) is 8.17. The Hall–Kier alpha value is -2.40. The number of morpholine rings is 1. The van der Waals surface area contributed by atoms with Crippen molar-refractivity contribution in [1.29, 1.82) is 0 Å². The zero-order chi connectivity index (χ0) is 22.7. The number of hydrogen-bond acceptors (Lipinski definition) is 7. The lowest BCUT2D eigenvalue weighted by atomic mass is 10.2. The van der Waals surface area contributed by atoms with E-state index >= 15 is 0 Å². The van der Waals surface area contributed by atoms with Gasteiger partial charge in [0.15, 0.2) is 15.0 Å². The van der Waals surface area contributed by atoms with Gasteiger partial charge in [-0.05, 0) is 30.3 Å². The van der Waals surface area contributed by atoms with Crippen molar-refractivity contribution < 1.29 is 22.3 Å². The summed E-state index contributed by atoms with van der Waals surface area (Å²) in [6.45, 7) is 5.30. The average molecular weight is 478 g/mol. The largest absolute Gasteiger partial charge is 0.379 e. The normalized spacial score (nSPS) is 15.2. The lowest BCUT2D eigenvalue weighted by Gasteiger charge is -2.29. The molecule has 170 valence electrons. The van der Waals surface area contributed by atoms with Crippen LogP contribution < -0.4 is 4.90 Å². The molecule has 0 spiro atoms. The Bertz CT molecular complexity index is 1220. The Morgan fingerprint density at radius 3 is 2.69 bits per heavy atom. The number of benzene rings is 2. The molecule has 1 aromatic heterocycles. The molecule has 0 bridgehead atoms. The zero-order valence-corrected chi connectivity index (χ0v) is 19.3. The van der Waals surface area contributed by atoms with Crippen LogP contribution in [0.4, 0.5) is 9.52 Å². The Morgan fingerprint density at radius 2 is 1.97 bits per heavy atom. The SMILES string of the molecule is CCS(=O)(=O)c1cccc(C(=O)N(CCN2CCOCC2)c2nc3c(F)cccc3s2)c1.